The lowest BCUT2D eigenvalue weighted by molar-refractivity contribution is 0.293. The van der Waals surface area contributed by atoms with Gasteiger partial charge < -0.3 is 10.1 Å². The smallest absolute Gasteiger partial charge is 0.123 e. The molecule has 1 aliphatic carbocycles. The van der Waals surface area contributed by atoms with Crippen molar-refractivity contribution < 1.29 is 9.13 Å². The molecule has 2 fully saturated rings. The van der Waals surface area contributed by atoms with Crippen LogP contribution in [0.4, 0.5) is 4.39 Å². The summed E-state index contributed by atoms with van der Waals surface area (Å²) in [5.41, 5.74) is 1.01. The quantitative estimate of drug-likeness (QED) is 0.880. The summed E-state index contributed by atoms with van der Waals surface area (Å²) in [6, 6.07) is 5.40. The van der Waals surface area contributed by atoms with Gasteiger partial charge in [0.1, 0.15) is 11.6 Å². The van der Waals surface area contributed by atoms with Gasteiger partial charge in [0.05, 0.1) is 6.61 Å². The largest absolute Gasteiger partial charge is 0.493 e. The fourth-order valence-corrected chi connectivity index (χ4v) is 2.70. The summed E-state index contributed by atoms with van der Waals surface area (Å²) < 4.78 is 19.3. The van der Waals surface area contributed by atoms with E-state index in [0.717, 1.165) is 36.8 Å². The first-order valence-corrected chi connectivity index (χ1v) is 7.46. The highest BCUT2D eigenvalue weighted by Crippen LogP contribution is 2.31. The highest BCUT2D eigenvalue weighted by Gasteiger charge is 2.23. The second-order valence-electron chi connectivity index (χ2n) is 5.86. The fourth-order valence-electron chi connectivity index (χ4n) is 2.70. The van der Waals surface area contributed by atoms with E-state index in [4.69, 9.17) is 4.74 Å². The maximum absolute atomic E-state index is 13.4. The monoisotopic (exact) mass is 263 g/mol. The van der Waals surface area contributed by atoms with Crippen molar-refractivity contribution in [1.29, 1.82) is 0 Å². The second kappa shape index (κ2) is 5.91. The summed E-state index contributed by atoms with van der Waals surface area (Å²) >= 11 is 0. The first-order chi connectivity index (χ1) is 9.31. The van der Waals surface area contributed by atoms with Crippen LogP contribution in [-0.2, 0) is 6.42 Å². The molecule has 1 heterocycles. The third-order valence-corrected chi connectivity index (χ3v) is 4.07. The Hall–Kier alpha value is -1.09. The highest BCUT2D eigenvalue weighted by molar-refractivity contribution is 5.34. The number of piperidine rings is 1. The van der Waals surface area contributed by atoms with Gasteiger partial charge in [0.25, 0.3) is 0 Å². The molecule has 0 amide bonds. The predicted octanol–water partition coefficient (Wildman–Crippen LogP) is 3.30. The minimum atomic E-state index is -0.162. The Labute approximate surface area is 114 Å². The van der Waals surface area contributed by atoms with Gasteiger partial charge in [-0.3, -0.25) is 0 Å². The molecule has 1 saturated heterocycles. The van der Waals surface area contributed by atoms with Gasteiger partial charge in [0.15, 0.2) is 0 Å². The number of halogens is 1. The van der Waals surface area contributed by atoms with Crippen molar-refractivity contribution in [3.05, 3.63) is 29.6 Å². The van der Waals surface area contributed by atoms with Crippen molar-refractivity contribution in [3.8, 4) is 5.75 Å². The first-order valence-electron chi connectivity index (χ1n) is 7.46. The summed E-state index contributed by atoms with van der Waals surface area (Å²) in [4.78, 5) is 0. The normalized spacial score (nSPS) is 23.3. The van der Waals surface area contributed by atoms with E-state index >= 15 is 0 Å². The molecule has 0 aromatic heterocycles. The number of hydrogen-bond acceptors (Lipinski definition) is 2. The van der Waals surface area contributed by atoms with E-state index in [1.165, 1.54) is 38.2 Å². The zero-order valence-electron chi connectivity index (χ0n) is 11.3. The van der Waals surface area contributed by atoms with E-state index in [-0.39, 0.29) is 5.82 Å². The standard InChI is InChI=1S/C16H22FNO/c17-14-6-7-16(19-11-12-4-5-12)13(9-14)10-15-3-1-2-8-18-15/h6-7,9,12,15,18H,1-5,8,10-11H2. The van der Waals surface area contributed by atoms with Crippen LogP contribution in [0, 0.1) is 11.7 Å². The van der Waals surface area contributed by atoms with E-state index in [0.29, 0.717) is 6.04 Å². The Kier molecular flexibility index (Phi) is 4.02. The lowest BCUT2D eigenvalue weighted by Crippen LogP contribution is -2.35. The topological polar surface area (TPSA) is 21.3 Å². The van der Waals surface area contributed by atoms with E-state index in [1.54, 1.807) is 12.1 Å². The van der Waals surface area contributed by atoms with E-state index in [1.807, 2.05) is 0 Å². The van der Waals surface area contributed by atoms with Gasteiger partial charge in [-0.2, -0.15) is 0 Å². The maximum atomic E-state index is 13.4. The summed E-state index contributed by atoms with van der Waals surface area (Å²) in [6.07, 6.45) is 7.13. The summed E-state index contributed by atoms with van der Waals surface area (Å²) in [7, 11) is 0. The summed E-state index contributed by atoms with van der Waals surface area (Å²) in [5.74, 6) is 1.44. The first kappa shape index (κ1) is 12.9. The van der Waals surface area contributed by atoms with Crippen LogP contribution in [0.15, 0.2) is 18.2 Å². The van der Waals surface area contributed by atoms with Crippen LogP contribution in [0.3, 0.4) is 0 Å². The average molecular weight is 263 g/mol. The third-order valence-electron chi connectivity index (χ3n) is 4.07. The molecule has 1 aliphatic heterocycles. The van der Waals surface area contributed by atoms with Crippen LogP contribution in [-0.4, -0.2) is 19.2 Å². The van der Waals surface area contributed by atoms with Crippen molar-refractivity contribution >= 4 is 0 Å². The van der Waals surface area contributed by atoms with Gasteiger partial charge in [-0.05, 0) is 68.3 Å². The van der Waals surface area contributed by atoms with Crippen LogP contribution >= 0.6 is 0 Å². The molecule has 2 nitrogen and oxygen atoms in total. The predicted molar refractivity (Wildman–Crippen MR) is 74.0 cm³/mol. The molecule has 0 bridgehead atoms. The average Bonchev–Trinajstić information content (AvgIpc) is 3.23. The van der Waals surface area contributed by atoms with Gasteiger partial charge in [-0.1, -0.05) is 6.42 Å². The lowest BCUT2D eigenvalue weighted by atomic mass is 9.97. The SMILES string of the molecule is Fc1ccc(OCC2CC2)c(CC2CCCCN2)c1. The Bertz CT molecular complexity index is 425. The molecule has 104 valence electrons. The van der Waals surface area contributed by atoms with Gasteiger partial charge in [-0.15, -0.1) is 0 Å². The molecule has 1 atom stereocenters. The van der Waals surface area contributed by atoms with Crippen molar-refractivity contribution in [2.45, 2.75) is 44.6 Å². The molecule has 1 aromatic carbocycles. The third kappa shape index (κ3) is 3.69. The Morgan fingerprint density at radius 3 is 2.84 bits per heavy atom. The minimum absolute atomic E-state index is 0.162. The highest BCUT2D eigenvalue weighted by atomic mass is 19.1. The Morgan fingerprint density at radius 2 is 2.11 bits per heavy atom. The second-order valence-corrected chi connectivity index (χ2v) is 5.86. The Morgan fingerprint density at radius 1 is 1.21 bits per heavy atom. The zero-order chi connectivity index (χ0) is 13.1. The molecule has 3 heteroatoms. The summed E-state index contributed by atoms with van der Waals surface area (Å²) in [6.45, 7) is 1.87. The molecule has 0 radical (unpaired) electrons. The minimum Gasteiger partial charge on any atom is -0.493 e. The number of benzene rings is 1. The molecule has 1 unspecified atom stereocenters. The van der Waals surface area contributed by atoms with Crippen molar-refractivity contribution in [2.24, 2.45) is 5.92 Å². The van der Waals surface area contributed by atoms with Gasteiger partial charge in [0.2, 0.25) is 0 Å². The molecular weight excluding hydrogens is 241 g/mol. The molecule has 1 saturated carbocycles. The molecule has 3 rings (SSSR count). The number of rotatable bonds is 5. The van der Waals surface area contributed by atoms with Gasteiger partial charge >= 0.3 is 0 Å². The number of hydrogen-bond donors (Lipinski definition) is 1. The van der Waals surface area contributed by atoms with Crippen molar-refractivity contribution in [3.63, 3.8) is 0 Å². The number of ether oxygens (including phenoxy) is 1. The molecule has 19 heavy (non-hydrogen) atoms. The van der Waals surface area contributed by atoms with E-state index in [2.05, 4.69) is 5.32 Å². The van der Waals surface area contributed by atoms with Gasteiger partial charge in [-0.25, -0.2) is 4.39 Å². The van der Waals surface area contributed by atoms with Crippen molar-refractivity contribution in [2.75, 3.05) is 13.2 Å². The van der Waals surface area contributed by atoms with E-state index in [9.17, 15) is 4.39 Å². The van der Waals surface area contributed by atoms with Gasteiger partial charge in [0, 0.05) is 6.04 Å². The van der Waals surface area contributed by atoms with Crippen LogP contribution < -0.4 is 10.1 Å². The van der Waals surface area contributed by atoms with E-state index < -0.39 is 0 Å². The molecule has 1 N–H and O–H groups in total. The van der Waals surface area contributed by atoms with Crippen LogP contribution in [0.5, 0.6) is 5.75 Å². The maximum Gasteiger partial charge on any atom is 0.123 e. The fraction of sp³-hybridized carbons (Fsp3) is 0.625. The summed E-state index contributed by atoms with van der Waals surface area (Å²) in [5, 5.41) is 3.51. The zero-order valence-corrected chi connectivity index (χ0v) is 11.3. The lowest BCUT2D eigenvalue weighted by Gasteiger charge is -2.24. The van der Waals surface area contributed by atoms with Crippen LogP contribution in [0.1, 0.15) is 37.7 Å². The van der Waals surface area contributed by atoms with Crippen LogP contribution in [0.25, 0.3) is 0 Å². The Balaban J connectivity index is 1.67. The van der Waals surface area contributed by atoms with Crippen LogP contribution in [0.2, 0.25) is 0 Å². The molecule has 2 aliphatic rings. The molecule has 1 aromatic rings. The molecular formula is C16H22FNO. The number of nitrogens with one attached hydrogen (secondary N) is 1. The molecule has 0 spiro atoms. The van der Waals surface area contributed by atoms with Crippen molar-refractivity contribution in [1.82, 2.24) is 5.32 Å².